The van der Waals surface area contributed by atoms with Crippen molar-refractivity contribution in [2.24, 2.45) is 4.99 Å². The first-order valence-corrected chi connectivity index (χ1v) is 13.3. The summed E-state index contributed by atoms with van der Waals surface area (Å²) >= 11 is 0. The van der Waals surface area contributed by atoms with Crippen LogP contribution in [-0.2, 0) is 20.2 Å². The van der Waals surface area contributed by atoms with Crippen molar-refractivity contribution in [2.45, 2.75) is 69.6 Å². The number of hydrogen-bond donors (Lipinski definition) is 2. The third-order valence-corrected chi connectivity index (χ3v) is 6.97. The second kappa shape index (κ2) is 11.5. The van der Waals surface area contributed by atoms with Crippen molar-refractivity contribution < 1.29 is 17.9 Å². The summed E-state index contributed by atoms with van der Waals surface area (Å²) in [5.74, 6) is 1.08. The molecule has 0 atom stereocenters. The summed E-state index contributed by atoms with van der Waals surface area (Å²) in [5.41, 5.74) is 1.77. The first kappa shape index (κ1) is 25.7. The number of aliphatic imine (C=N–C) groups is 1. The highest BCUT2D eigenvalue weighted by molar-refractivity contribution is 7.90. The number of carbonyl (C=O) groups excluding carboxylic acids is 1. The Morgan fingerprint density at radius 3 is 2.56 bits per heavy atom. The smallest absolute Gasteiger partial charge is 0.262 e. The van der Waals surface area contributed by atoms with E-state index in [0.717, 1.165) is 25.0 Å². The number of sulfonamides is 1. The maximum atomic E-state index is 12.8. The first-order chi connectivity index (χ1) is 16.1. The SMILES string of the molecule is CC(C)(C)c1ccc(OCCCC(=O)Nc2cccc(S(=O)(=O)NC3=NCCCCC3)c2)cc1. The minimum absolute atomic E-state index is 0.0900. The lowest BCUT2D eigenvalue weighted by atomic mass is 9.87. The quantitative estimate of drug-likeness (QED) is 0.512. The van der Waals surface area contributed by atoms with Gasteiger partial charge in [-0.2, -0.15) is 0 Å². The van der Waals surface area contributed by atoms with Crippen LogP contribution in [0.2, 0.25) is 0 Å². The molecule has 0 saturated heterocycles. The Bertz CT molecular complexity index is 1100. The van der Waals surface area contributed by atoms with Crippen LogP contribution in [0.3, 0.4) is 0 Å². The van der Waals surface area contributed by atoms with E-state index in [-0.39, 0.29) is 22.6 Å². The van der Waals surface area contributed by atoms with E-state index >= 15 is 0 Å². The molecule has 3 rings (SSSR count). The summed E-state index contributed by atoms with van der Waals surface area (Å²) in [6.45, 7) is 7.55. The molecule has 34 heavy (non-hydrogen) atoms. The fourth-order valence-electron chi connectivity index (χ4n) is 3.61. The molecular weight excluding hydrogens is 450 g/mol. The number of anilines is 1. The molecule has 0 fully saturated rings. The Morgan fingerprint density at radius 2 is 1.82 bits per heavy atom. The minimum Gasteiger partial charge on any atom is -0.494 e. The first-order valence-electron chi connectivity index (χ1n) is 11.8. The normalized spacial score (nSPS) is 14.6. The van der Waals surface area contributed by atoms with Gasteiger partial charge in [-0.25, -0.2) is 8.42 Å². The van der Waals surface area contributed by atoms with E-state index in [4.69, 9.17) is 4.74 Å². The molecule has 1 amide bonds. The van der Waals surface area contributed by atoms with E-state index in [0.29, 0.717) is 37.5 Å². The van der Waals surface area contributed by atoms with Gasteiger partial charge in [0.25, 0.3) is 10.0 Å². The zero-order valence-electron chi connectivity index (χ0n) is 20.3. The Balaban J connectivity index is 1.47. The standard InChI is InChI=1S/C26H35N3O4S/c1-26(2,3)20-13-15-22(16-14-20)33-18-8-12-25(30)28-21-9-7-10-23(19-21)34(31,32)29-24-11-5-4-6-17-27-24/h7,9-10,13-16,19H,4-6,8,11-12,17-18H2,1-3H3,(H,27,29)(H,28,30). The number of carbonyl (C=O) groups is 1. The van der Waals surface area contributed by atoms with Crippen LogP contribution in [0.25, 0.3) is 0 Å². The van der Waals surface area contributed by atoms with Crippen molar-refractivity contribution in [1.82, 2.24) is 4.72 Å². The molecule has 0 spiro atoms. The zero-order chi connectivity index (χ0) is 24.6. The van der Waals surface area contributed by atoms with Crippen molar-refractivity contribution >= 4 is 27.5 Å². The number of nitrogens with zero attached hydrogens (tertiary/aromatic N) is 1. The summed E-state index contributed by atoms with van der Waals surface area (Å²) in [6.07, 6.45) is 4.38. The number of nitrogens with one attached hydrogen (secondary N) is 2. The molecule has 8 heteroatoms. The van der Waals surface area contributed by atoms with Gasteiger partial charge in [0.1, 0.15) is 11.6 Å². The maximum absolute atomic E-state index is 12.8. The molecule has 1 aliphatic heterocycles. The maximum Gasteiger partial charge on any atom is 0.262 e. The average molecular weight is 486 g/mol. The molecule has 0 saturated carbocycles. The fraction of sp³-hybridized carbons (Fsp3) is 0.462. The van der Waals surface area contributed by atoms with Crippen LogP contribution in [0.4, 0.5) is 5.69 Å². The van der Waals surface area contributed by atoms with Crippen LogP contribution in [-0.4, -0.2) is 33.3 Å². The van der Waals surface area contributed by atoms with E-state index in [1.807, 2.05) is 12.1 Å². The largest absolute Gasteiger partial charge is 0.494 e. The molecule has 184 valence electrons. The van der Waals surface area contributed by atoms with Crippen LogP contribution in [0, 0.1) is 0 Å². The molecule has 2 N–H and O–H groups in total. The summed E-state index contributed by atoms with van der Waals surface area (Å²) in [5, 5.41) is 2.77. The highest BCUT2D eigenvalue weighted by Gasteiger charge is 2.18. The predicted octanol–water partition coefficient (Wildman–Crippen LogP) is 5.03. The molecular formula is C26H35N3O4S. The Hall–Kier alpha value is -2.87. The van der Waals surface area contributed by atoms with Gasteiger partial charge in [0.15, 0.2) is 0 Å². The lowest BCUT2D eigenvalue weighted by molar-refractivity contribution is -0.116. The molecule has 0 radical (unpaired) electrons. The third kappa shape index (κ3) is 7.87. The van der Waals surface area contributed by atoms with Crippen molar-refractivity contribution in [1.29, 1.82) is 0 Å². The van der Waals surface area contributed by atoms with Crippen LogP contribution in [0.15, 0.2) is 58.4 Å². The number of benzene rings is 2. The highest BCUT2D eigenvalue weighted by atomic mass is 32.2. The molecule has 7 nitrogen and oxygen atoms in total. The molecule has 1 aliphatic rings. The Kier molecular flexibility index (Phi) is 8.72. The van der Waals surface area contributed by atoms with Crippen molar-refractivity contribution in [2.75, 3.05) is 18.5 Å². The number of hydrogen-bond acceptors (Lipinski definition) is 5. The van der Waals surface area contributed by atoms with Gasteiger partial charge >= 0.3 is 0 Å². The van der Waals surface area contributed by atoms with E-state index < -0.39 is 10.0 Å². The zero-order valence-corrected chi connectivity index (χ0v) is 21.1. The van der Waals surface area contributed by atoms with Crippen molar-refractivity contribution in [3.8, 4) is 5.75 Å². The monoisotopic (exact) mass is 485 g/mol. The van der Waals surface area contributed by atoms with Crippen LogP contribution < -0.4 is 14.8 Å². The van der Waals surface area contributed by atoms with Crippen LogP contribution in [0.5, 0.6) is 5.75 Å². The third-order valence-electron chi connectivity index (χ3n) is 5.59. The number of rotatable bonds is 8. The summed E-state index contributed by atoms with van der Waals surface area (Å²) in [4.78, 5) is 16.8. The predicted molar refractivity (Wildman–Crippen MR) is 136 cm³/mol. The molecule has 0 unspecified atom stereocenters. The fourth-order valence-corrected chi connectivity index (χ4v) is 4.74. The van der Waals surface area contributed by atoms with Gasteiger partial charge < -0.3 is 10.1 Å². The summed E-state index contributed by atoms with van der Waals surface area (Å²) in [6, 6.07) is 14.3. The molecule has 0 bridgehead atoms. The Morgan fingerprint density at radius 1 is 1.06 bits per heavy atom. The summed E-state index contributed by atoms with van der Waals surface area (Å²) in [7, 11) is -3.75. The van der Waals surface area contributed by atoms with Crippen LogP contribution in [0.1, 0.15) is 64.9 Å². The van der Waals surface area contributed by atoms with Gasteiger partial charge in [-0.3, -0.25) is 14.5 Å². The lowest BCUT2D eigenvalue weighted by Crippen LogP contribution is -2.30. The molecule has 0 aromatic heterocycles. The van der Waals surface area contributed by atoms with Gasteiger partial charge in [-0.15, -0.1) is 0 Å². The highest BCUT2D eigenvalue weighted by Crippen LogP contribution is 2.24. The summed E-state index contributed by atoms with van der Waals surface area (Å²) < 4.78 is 33.8. The van der Waals surface area contributed by atoms with E-state index in [2.05, 4.69) is 47.9 Å². The van der Waals surface area contributed by atoms with Gasteiger partial charge in [0, 0.05) is 25.1 Å². The second-order valence-corrected chi connectivity index (χ2v) is 11.2. The van der Waals surface area contributed by atoms with Gasteiger partial charge in [0.05, 0.1) is 11.5 Å². The lowest BCUT2D eigenvalue weighted by Gasteiger charge is -2.19. The van der Waals surface area contributed by atoms with Crippen LogP contribution >= 0.6 is 0 Å². The number of amides is 1. The van der Waals surface area contributed by atoms with E-state index in [1.165, 1.54) is 17.7 Å². The topological polar surface area (TPSA) is 96.9 Å². The van der Waals surface area contributed by atoms with Gasteiger partial charge in [-0.1, -0.05) is 45.4 Å². The van der Waals surface area contributed by atoms with Gasteiger partial charge in [-0.05, 0) is 60.6 Å². The average Bonchev–Trinajstić information content (AvgIpc) is 3.05. The second-order valence-electron chi connectivity index (χ2n) is 9.55. The minimum atomic E-state index is -3.75. The van der Waals surface area contributed by atoms with E-state index in [1.54, 1.807) is 12.1 Å². The van der Waals surface area contributed by atoms with Gasteiger partial charge in [0.2, 0.25) is 5.91 Å². The number of ether oxygens (including phenoxy) is 1. The van der Waals surface area contributed by atoms with Crippen molar-refractivity contribution in [3.05, 3.63) is 54.1 Å². The molecule has 2 aromatic rings. The molecule has 0 aliphatic carbocycles. The van der Waals surface area contributed by atoms with Crippen molar-refractivity contribution in [3.63, 3.8) is 0 Å². The molecule has 1 heterocycles. The Labute approximate surface area is 203 Å². The molecule has 2 aromatic carbocycles. The number of amidine groups is 1. The van der Waals surface area contributed by atoms with E-state index in [9.17, 15) is 13.2 Å².